The molecule has 0 fully saturated rings. The number of nitro groups is 1. The van der Waals surface area contributed by atoms with Crippen molar-refractivity contribution < 1.29 is 14.8 Å². The number of nitrogens with zero attached hydrogens (tertiary/aromatic N) is 1. The van der Waals surface area contributed by atoms with Crippen LogP contribution in [0.2, 0.25) is 0 Å². The molecule has 1 rings (SSSR count). The number of benzene rings is 1. The number of hydrogen-bond acceptors (Lipinski definition) is 4. The average Bonchev–Trinajstić information content (AvgIpc) is 2.43. The number of aliphatic hydroxyl groups excluding tert-OH is 1. The first-order valence-electron chi connectivity index (χ1n) is 6.16. The molecule has 0 aromatic heterocycles. The molecule has 0 spiro atoms. The van der Waals surface area contributed by atoms with Crippen LogP contribution < -0.4 is 5.32 Å². The van der Waals surface area contributed by atoms with E-state index < -0.39 is 16.9 Å². The van der Waals surface area contributed by atoms with Crippen LogP contribution in [0.3, 0.4) is 0 Å². The Labute approximate surface area is 111 Å². The number of nitrogens with one attached hydrogen (secondary N) is 1. The maximum absolute atomic E-state index is 12.0. The highest BCUT2D eigenvalue weighted by Gasteiger charge is 2.23. The third-order valence-electron chi connectivity index (χ3n) is 3.19. The van der Waals surface area contributed by atoms with E-state index in [2.05, 4.69) is 5.32 Å². The number of amides is 1. The highest BCUT2D eigenvalue weighted by molar-refractivity contribution is 5.98. The van der Waals surface area contributed by atoms with E-state index in [9.17, 15) is 20.0 Å². The summed E-state index contributed by atoms with van der Waals surface area (Å²) in [6.45, 7) is 3.66. The molecule has 0 saturated heterocycles. The number of carbonyl (C=O) groups excluding carboxylic acids is 1. The van der Waals surface area contributed by atoms with Crippen molar-refractivity contribution in [2.75, 3.05) is 6.61 Å². The lowest BCUT2D eigenvalue weighted by atomic mass is 9.99. The Balaban J connectivity index is 2.92. The molecule has 1 amide bonds. The number of rotatable bonds is 6. The standard InChI is InChI=1S/C13H18N2O4/c1-3-9(2)11(8-16)14-13(17)10-6-4-5-7-12(10)15(18)19/h4-7,9,11,16H,3,8H2,1-2H3,(H,14,17). The zero-order chi connectivity index (χ0) is 14.4. The monoisotopic (exact) mass is 266 g/mol. The summed E-state index contributed by atoms with van der Waals surface area (Å²) in [5.74, 6) is -0.441. The molecular weight excluding hydrogens is 248 g/mol. The Morgan fingerprint density at radius 2 is 2.11 bits per heavy atom. The first-order chi connectivity index (χ1) is 9.01. The predicted octanol–water partition coefficient (Wildman–Crippen LogP) is 1.73. The summed E-state index contributed by atoms with van der Waals surface area (Å²) in [6.07, 6.45) is 0.794. The van der Waals surface area contributed by atoms with Gasteiger partial charge in [0, 0.05) is 6.07 Å². The quantitative estimate of drug-likeness (QED) is 0.605. The number of para-hydroxylation sites is 1. The van der Waals surface area contributed by atoms with Crippen molar-refractivity contribution in [3.63, 3.8) is 0 Å². The zero-order valence-electron chi connectivity index (χ0n) is 11.0. The minimum Gasteiger partial charge on any atom is -0.394 e. The first-order valence-corrected chi connectivity index (χ1v) is 6.16. The van der Waals surface area contributed by atoms with E-state index in [1.54, 1.807) is 6.07 Å². The molecule has 1 aromatic rings. The Hall–Kier alpha value is -1.95. The van der Waals surface area contributed by atoms with Crippen molar-refractivity contribution in [2.24, 2.45) is 5.92 Å². The summed E-state index contributed by atoms with van der Waals surface area (Å²) in [7, 11) is 0. The molecular formula is C13H18N2O4. The van der Waals surface area contributed by atoms with Crippen LogP contribution in [0.15, 0.2) is 24.3 Å². The van der Waals surface area contributed by atoms with Gasteiger partial charge in [-0.2, -0.15) is 0 Å². The number of hydrogen-bond donors (Lipinski definition) is 2. The van der Waals surface area contributed by atoms with E-state index in [1.165, 1.54) is 18.2 Å². The van der Waals surface area contributed by atoms with Crippen LogP contribution in [0.5, 0.6) is 0 Å². The van der Waals surface area contributed by atoms with E-state index in [-0.39, 0.29) is 23.8 Å². The van der Waals surface area contributed by atoms with Crippen molar-refractivity contribution >= 4 is 11.6 Å². The maximum atomic E-state index is 12.0. The van der Waals surface area contributed by atoms with Crippen molar-refractivity contribution in [3.05, 3.63) is 39.9 Å². The highest BCUT2D eigenvalue weighted by Crippen LogP contribution is 2.18. The van der Waals surface area contributed by atoms with Gasteiger partial charge in [-0.1, -0.05) is 32.4 Å². The van der Waals surface area contributed by atoms with Crippen molar-refractivity contribution in [1.29, 1.82) is 0 Å². The summed E-state index contributed by atoms with van der Waals surface area (Å²) in [4.78, 5) is 22.3. The first kappa shape index (κ1) is 15.1. The molecule has 6 heteroatoms. The third kappa shape index (κ3) is 3.75. The molecule has 6 nitrogen and oxygen atoms in total. The van der Waals surface area contributed by atoms with Crippen molar-refractivity contribution in [2.45, 2.75) is 26.3 Å². The molecule has 0 aliphatic carbocycles. The van der Waals surface area contributed by atoms with Crippen LogP contribution in [0.4, 0.5) is 5.69 Å². The molecule has 2 atom stereocenters. The summed E-state index contributed by atoms with van der Waals surface area (Å²) < 4.78 is 0. The van der Waals surface area contributed by atoms with E-state index in [4.69, 9.17) is 0 Å². The SMILES string of the molecule is CCC(C)C(CO)NC(=O)c1ccccc1[N+](=O)[O-]. The Morgan fingerprint density at radius 1 is 1.47 bits per heavy atom. The second kappa shape index (κ2) is 6.84. The van der Waals surface area contributed by atoms with Gasteiger partial charge in [-0.3, -0.25) is 14.9 Å². The second-order valence-corrected chi connectivity index (χ2v) is 4.42. The van der Waals surface area contributed by atoms with Crippen molar-refractivity contribution in [1.82, 2.24) is 5.32 Å². The fraction of sp³-hybridized carbons (Fsp3) is 0.462. The number of aliphatic hydroxyl groups is 1. The summed E-state index contributed by atoms with van der Waals surface area (Å²) >= 11 is 0. The summed E-state index contributed by atoms with van der Waals surface area (Å²) in [5, 5.41) is 22.7. The molecule has 0 radical (unpaired) electrons. The fourth-order valence-electron chi connectivity index (χ4n) is 1.72. The van der Waals surface area contributed by atoms with E-state index in [0.29, 0.717) is 0 Å². The molecule has 2 unspecified atom stereocenters. The van der Waals surface area contributed by atoms with Crippen LogP contribution >= 0.6 is 0 Å². The van der Waals surface area contributed by atoms with Gasteiger partial charge in [-0.25, -0.2) is 0 Å². The van der Waals surface area contributed by atoms with Gasteiger partial charge >= 0.3 is 0 Å². The Kier molecular flexibility index (Phi) is 5.44. The molecule has 19 heavy (non-hydrogen) atoms. The average molecular weight is 266 g/mol. The second-order valence-electron chi connectivity index (χ2n) is 4.42. The van der Waals surface area contributed by atoms with Crippen LogP contribution in [0.25, 0.3) is 0 Å². The van der Waals surface area contributed by atoms with Gasteiger partial charge in [0.05, 0.1) is 17.6 Å². The van der Waals surface area contributed by atoms with Crippen LogP contribution in [-0.4, -0.2) is 28.6 Å². The predicted molar refractivity (Wildman–Crippen MR) is 70.9 cm³/mol. The normalized spacial score (nSPS) is 13.6. The number of carbonyl (C=O) groups is 1. The molecule has 0 saturated carbocycles. The van der Waals surface area contributed by atoms with Crippen molar-refractivity contribution in [3.8, 4) is 0 Å². The van der Waals surface area contributed by atoms with E-state index >= 15 is 0 Å². The van der Waals surface area contributed by atoms with Gasteiger partial charge in [-0.05, 0) is 12.0 Å². The molecule has 0 aliphatic heterocycles. The van der Waals surface area contributed by atoms with Gasteiger partial charge in [0.25, 0.3) is 11.6 Å². The van der Waals surface area contributed by atoms with Gasteiger partial charge < -0.3 is 10.4 Å². The van der Waals surface area contributed by atoms with Gasteiger partial charge in [-0.15, -0.1) is 0 Å². The fourth-order valence-corrected chi connectivity index (χ4v) is 1.72. The molecule has 2 N–H and O–H groups in total. The lowest BCUT2D eigenvalue weighted by Crippen LogP contribution is -2.42. The van der Waals surface area contributed by atoms with Gasteiger partial charge in [0.1, 0.15) is 5.56 Å². The van der Waals surface area contributed by atoms with Gasteiger partial charge in [0.2, 0.25) is 0 Å². The molecule has 104 valence electrons. The van der Waals surface area contributed by atoms with E-state index in [0.717, 1.165) is 6.42 Å². The largest absolute Gasteiger partial charge is 0.394 e. The summed E-state index contributed by atoms with van der Waals surface area (Å²) in [6, 6.07) is 5.36. The zero-order valence-corrected chi connectivity index (χ0v) is 11.0. The topological polar surface area (TPSA) is 92.5 Å². The third-order valence-corrected chi connectivity index (χ3v) is 3.19. The van der Waals surface area contributed by atoms with Crippen LogP contribution in [0.1, 0.15) is 30.6 Å². The Bertz CT molecular complexity index is 462. The molecule has 0 heterocycles. The molecule has 1 aromatic carbocycles. The smallest absolute Gasteiger partial charge is 0.282 e. The minimum absolute atomic E-state index is 0.00857. The highest BCUT2D eigenvalue weighted by atomic mass is 16.6. The van der Waals surface area contributed by atoms with Gasteiger partial charge in [0.15, 0.2) is 0 Å². The van der Waals surface area contributed by atoms with Crippen LogP contribution in [0, 0.1) is 16.0 Å². The minimum atomic E-state index is -0.591. The maximum Gasteiger partial charge on any atom is 0.282 e. The lowest BCUT2D eigenvalue weighted by molar-refractivity contribution is -0.385. The molecule has 0 aliphatic rings. The lowest BCUT2D eigenvalue weighted by Gasteiger charge is -2.22. The van der Waals surface area contributed by atoms with Crippen LogP contribution in [-0.2, 0) is 0 Å². The van der Waals surface area contributed by atoms with E-state index in [1.807, 2.05) is 13.8 Å². The number of nitro benzene ring substituents is 1. The molecule has 0 bridgehead atoms. The summed E-state index contributed by atoms with van der Waals surface area (Å²) in [5.41, 5.74) is -0.227. The Morgan fingerprint density at radius 3 is 2.63 bits per heavy atom.